The minimum Gasteiger partial charge on any atom is -0.504 e. The van der Waals surface area contributed by atoms with Crippen molar-refractivity contribution in [1.82, 2.24) is 5.32 Å². The van der Waals surface area contributed by atoms with E-state index in [2.05, 4.69) is 10.3 Å². The molecule has 2 aromatic rings. The Morgan fingerprint density at radius 2 is 1.96 bits per heavy atom. The summed E-state index contributed by atoms with van der Waals surface area (Å²) in [5.41, 5.74) is 1.29. The number of amidine groups is 1. The van der Waals surface area contributed by atoms with E-state index in [4.69, 9.17) is 9.47 Å². The summed E-state index contributed by atoms with van der Waals surface area (Å²) >= 11 is 0. The zero-order valence-corrected chi connectivity index (χ0v) is 15.0. The minimum absolute atomic E-state index is 0.0403. The molecule has 2 aromatic carbocycles. The maximum absolute atomic E-state index is 12.7. The Bertz CT molecular complexity index is 879. The first-order valence-corrected chi connectivity index (χ1v) is 8.52. The number of methoxy groups -OCH3 is 1. The molecule has 0 fully saturated rings. The second-order valence-corrected chi connectivity index (χ2v) is 5.94. The Morgan fingerprint density at radius 3 is 2.63 bits per heavy atom. The summed E-state index contributed by atoms with van der Waals surface area (Å²) in [6.45, 7) is 1.83. The average molecular weight is 368 g/mol. The van der Waals surface area contributed by atoms with Gasteiger partial charge in [0, 0.05) is 5.56 Å². The molecule has 27 heavy (non-hydrogen) atoms. The summed E-state index contributed by atoms with van der Waals surface area (Å²) < 4.78 is 10.2. The number of benzene rings is 2. The third kappa shape index (κ3) is 3.76. The molecule has 0 aliphatic carbocycles. The van der Waals surface area contributed by atoms with E-state index in [1.165, 1.54) is 13.2 Å². The predicted molar refractivity (Wildman–Crippen MR) is 98.6 cm³/mol. The minimum atomic E-state index is -1.13. The Hall–Kier alpha value is -3.35. The van der Waals surface area contributed by atoms with E-state index in [1.807, 2.05) is 30.3 Å². The normalized spacial score (nSPS) is 19.0. The Morgan fingerprint density at radius 1 is 1.22 bits per heavy atom. The highest BCUT2D eigenvalue weighted by Crippen LogP contribution is 2.36. The number of hydrogen-bond donors (Lipinski definition) is 2. The highest BCUT2D eigenvalue weighted by molar-refractivity contribution is 6.14. The van der Waals surface area contributed by atoms with Gasteiger partial charge in [0.15, 0.2) is 17.4 Å². The molecule has 1 amide bonds. The number of phenols is 1. The summed E-state index contributed by atoms with van der Waals surface area (Å²) in [7, 11) is 1.42. The number of phenolic OH excluding ortho intramolecular Hbond substituents is 1. The van der Waals surface area contributed by atoms with Crippen LogP contribution in [-0.4, -0.2) is 36.5 Å². The predicted octanol–water partition coefficient (Wildman–Crippen LogP) is 2.20. The van der Waals surface area contributed by atoms with Crippen molar-refractivity contribution >= 4 is 17.7 Å². The number of rotatable bonds is 5. The van der Waals surface area contributed by atoms with Crippen molar-refractivity contribution in [3.63, 3.8) is 0 Å². The third-order valence-electron chi connectivity index (χ3n) is 4.24. The van der Waals surface area contributed by atoms with Gasteiger partial charge in [-0.05, 0) is 24.6 Å². The van der Waals surface area contributed by atoms with E-state index in [0.29, 0.717) is 11.4 Å². The third-order valence-corrected chi connectivity index (χ3v) is 4.24. The van der Waals surface area contributed by atoms with Crippen LogP contribution in [-0.2, 0) is 14.3 Å². The number of amides is 1. The molecule has 1 heterocycles. The number of carbonyl (C=O) groups is 2. The van der Waals surface area contributed by atoms with Crippen molar-refractivity contribution in [3.8, 4) is 11.5 Å². The van der Waals surface area contributed by atoms with Gasteiger partial charge in [-0.3, -0.25) is 14.6 Å². The molecule has 0 unspecified atom stereocenters. The largest absolute Gasteiger partial charge is 0.504 e. The zero-order valence-electron chi connectivity index (χ0n) is 15.0. The van der Waals surface area contributed by atoms with Crippen LogP contribution in [0.25, 0.3) is 0 Å². The van der Waals surface area contributed by atoms with Gasteiger partial charge in [-0.1, -0.05) is 36.4 Å². The van der Waals surface area contributed by atoms with E-state index in [-0.39, 0.29) is 18.1 Å². The average Bonchev–Trinajstić information content (AvgIpc) is 2.68. The van der Waals surface area contributed by atoms with E-state index < -0.39 is 23.8 Å². The molecular formula is C20H20N2O5. The first kappa shape index (κ1) is 18.4. The van der Waals surface area contributed by atoms with Crippen LogP contribution in [0.2, 0.25) is 0 Å². The van der Waals surface area contributed by atoms with Crippen molar-refractivity contribution in [2.75, 3.05) is 13.7 Å². The maximum Gasteiger partial charge on any atom is 0.321 e. The van der Waals surface area contributed by atoms with Gasteiger partial charge in [-0.15, -0.1) is 0 Å². The van der Waals surface area contributed by atoms with Crippen molar-refractivity contribution < 1.29 is 24.2 Å². The van der Waals surface area contributed by atoms with E-state index >= 15 is 0 Å². The summed E-state index contributed by atoms with van der Waals surface area (Å²) in [6.07, 6.45) is 0. The molecule has 2 atom stereocenters. The molecule has 1 aliphatic heterocycles. The monoisotopic (exact) mass is 368 g/mol. The summed E-state index contributed by atoms with van der Waals surface area (Å²) in [5.74, 6) is -1.70. The number of nitrogens with one attached hydrogen (secondary N) is 1. The lowest BCUT2D eigenvalue weighted by Crippen LogP contribution is -2.47. The van der Waals surface area contributed by atoms with Crippen LogP contribution in [0, 0.1) is 5.92 Å². The number of aromatic hydroxyl groups is 1. The fraction of sp³-hybridized carbons (Fsp3) is 0.250. The smallest absolute Gasteiger partial charge is 0.321 e. The van der Waals surface area contributed by atoms with Gasteiger partial charge in [0.2, 0.25) is 5.91 Å². The van der Waals surface area contributed by atoms with Gasteiger partial charge in [0.25, 0.3) is 0 Å². The van der Waals surface area contributed by atoms with Crippen molar-refractivity contribution in [2.45, 2.75) is 13.0 Å². The molecule has 1 aliphatic rings. The number of esters is 1. The molecule has 7 nitrogen and oxygen atoms in total. The van der Waals surface area contributed by atoms with Crippen LogP contribution in [0.1, 0.15) is 24.1 Å². The zero-order chi connectivity index (χ0) is 19.4. The van der Waals surface area contributed by atoms with Crippen LogP contribution in [0.3, 0.4) is 0 Å². The lowest BCUT2D eigenvalue weighted by molar-refractivity contribution is -0.153. The summed E-state index contributed by atoms with van der Waals surface area (Å²) in [4.78, 5) is 29.8. The fourth-order valence-electron chi connectivity index (χ4n) is 2.94. The van der Waals surface area contributed by atoms with Crippen molar-refractivity contribution in [1.29, 1.82) is 0 Å². The van der Waals surface area contributed by atoms with Crippen molar-refractivity contribution in [2.24, 2.45) is 10.9 Å². The van der Waals surface area contributed by atoms with Gasteiger partial charge >= 0.3 is 5.97 Å². The fourth-order valence-corrected chi connectivity index (χ4v) is 2.94. The van der Waals surface area contributed by atoms with Crippen LogP contribution in [0.15, 0.2) is 53.5 Å². The molecule has 0 spiro atoms. The first-order valence-electron chi connectivity index (χ1n) is 8.52. The summed E-state index contributed by atoms with van der Waals surface area (Å²) in [6, 6.07) is 13.0. The Balaban J connectivity index is 2.09. The summed E-state index contributed by atoms with van der Waals surface area (Å²) in [5, 5.41) is 12.5. The molecule has 7 heteroatoms. The van der Waals surface area contributed by atoms with Crippen LogP contribution < -0.4 is 10.1 Å². The van der Waals surface area contributed by atoms with Crippen molar-refractivity contribution in [3.05, 3.63) is 59.7 Å². The molecule has 0 saturated heterocycles. The molecule has 2 N–H and O–H groups in total. The van der Waals surface area contributed by atoms with E-state index in [9.17, 15) is 14.7 Å². The van der Waals surface area contributed by atoms with Gasteiger partial charge < -0.3 is 19.9 Å². The van der Waals surface area contributed by atoms with Crippen LogP contribution in [0.5, 0.6) is 11.5 Å². The van der Waals surface area contributed by atoms with Gasteiger partial charge in [-0.2, -0.15) is 0 Å². The lowest BCUT2D eigenvalue weighted by atomic mass is 9.90. The quantitative estimate of drug-likeness (QED) is 0.623. The highest BCUT2D eigenvalue weighted by atomic mass is 16.5. The second kappa shape index (κ2) is 7.90. The Labute approximate surface area is 156 Å². The number of hydrogen-bond acceptors (Lipinski definition) is 6. The number of aliphatic imine (C=N–C) groups is 1. The van der Waals surface area contributed by atoms with Crippen LogP contribution >= 0.6 is 0 Å². The molecule has 140 valence electrons. The van der Waals surface area contributed by atoms with E-state index in [1.54, 1.807) is 19.1 Å². The molecule has 0 radical (unpaired) electrons. The molecule has 0 aromatic heterocycles. The molecular weight excluding hydrogens is 348 g/mol. The second-order valence-electron chi connectivity index (χ2n) is 5.94. The van der Waals surface area contributed by atoms with E-state index in [0.717, 1.165) is 5.56 Å². The lowest BCUT2D eigenvalue weighted by Gasteiger charge is -2.28. The van der Waals surface area contributed by atoms with Crippen LogP contribution in [0.4, 0.5) is 0 Å². The number of carbonyl (C=O) groups excluding carboxylic acids is 2. The van der Waals surface area contributed by atoms with Gasteiger partial charge in [0.1, 0.15) is 5.84 Å². The standard InChI is InChI=1S/C20H20N2O5/c1-3-27-20(25)16-17(13-9-10-14(23)15(11-13)26-2)21-18(22-19(16)24)12-7-5-4-6-8-12/h4-11,16-17,23H,3H2,1-2H3,(H,21,22,24)/t16-,17+/m1/s1. The molecule has 0 bridgehead atoms. The molecule has 3 rings (SSSR count). The topological polar surface area (TPSA) is 97.2 Å². The number of nitrogens with zero attached hydrogens (tertiary/aromatic N) is 1. The van der Waals surface area contributed by atoms with Gasteiger partial charge in [0.05, 0.1) is 19.8 Å². The first-order chi connectivity index (χ1) is 13.0. The number of ether oxygens (including phenoxy) is 2. The SMILES string of the molecule is CCOC(=O)[C@H]1C(=O)NC(c2ccccc2)=N[C@H]1c1ccc(O)c(OC)c1. The highest BCUT2D eigenvalue weighted by Gasteiger charge is 2.41. The maximum atomic E-state index is 12.7. The van der Waals surface area contributed by atoms with Gasteiger partial charge in [-0.25, -0.2) is 0 Å². The molecule has 0 saturated carbocycles. The Kier molecular flexibility index (Phi) is 5.40.